The number of hydrogen-bond acceptors (Lipinski definition) is 1. The Morgan fingerprint density at radius 1 is 1.33 bits per heavy atom. The fourth-order valence-corrected chi connectivity index (χ4v) is 2.20. The van der Waals surface area contributed by atoms with Crippen molar-refractivity contribution in [3.05, 3.63) is 34.3 Å². The molecule has 1 aliphatic rings. The molecule has 0 saturated heterocycles. The monoisotopic (exact) mass is 271 g/mol. The molecule has 96 valence electrons. The van der Waals surface area contributed by atoms with Crippen molar-refractivity contribution >= 4 is 24.0 Å². The zero-order valence-corrected chi connectivity index (χ0v) is 10.9. The second-order valence-electron chi connectivity index (χ2n) is 4.53. The van der Waals surface area contributed by atoms with Gasteiger partial charge in [0.25, 0.3) is 0 Å². The summed E-state index contributed by atoms with van der Waals surface area (Å²) in [6.45, 7) is 1.50. The topological polar surface area (TPSA) is 15.4 Å². The van der Waals surface area contributed by atoms with E-state index in [0.29, 0.717) is 9.71 Å². The standard InChI is InChI=1S/C13H14ClF2N2/c1-8(2)12-5-10(14)3-4-11(12)9-6-17-18(7-9)13(15)16/h3-9,13H,1-2H3/q+1. The van der Waals surface area contributed by atoms with Gasteiger partial charge in [0.1, 0.15) is 5.92 Å². The zero-order valence-electron chi connectivity index (χ0n) is 10.1. The predicted molar refractivity (Wildman–Crippen MR) is 69.1 cm³/mol. The number of halogens is 3. The lowest BCUT2D eigenvalue weighted by atomic mass is 9.90. The van der Waals surface area contributed by atoms with Crippen molar-refractivity contribution in [2.45, 2.75) is 32.2 Å². The summed E-state index contributed by atoms with van der Waals surface area (Å²) in [6, 6.07) is 5.53. The van der Waals surface area contributed by atoms with E-state index in [4.69, 9.17) is 11.6 Å². The molecule has 0 N–H and O–H groups in total. The van der Waals surface area contributed by atoms with E-state index in [-0.39, 0.29) is 11.8 Å². The van der Waals surface area contributed by atoms with Crippen molar-refractivity contribution < 1.29 is 13.5 Å². The lowest BCUT2D eigenvalue weighted by molar-refractivity contribution is -0.622. The summed E-state index contributed by atoms with van der Waals surface area (Å²) in [4.78, 5) is 0. The number of rotatable bonds is 3. The molecule has 0 fully saturated rings. The first-order chi connectivity index (χ1) is 8.49. The van der Waals surface area contributed by atoms with Crippen molar-refractivity contribution in [1.82, 2.24) is 0 Å². The molecule has 1 heterocycles. The fraction of sp³-hybridized carbons (Fsp3) is 0.385. The second kappa shape index (κ2) is 5.14. The molecule has 0 saturated carbocycles. The third-order valence-corrected chi connectivity index (χ3v) is 3.14. The van der Waals surface area contributed by atoms with Gasteiger partial charge in [-0.3, -0.25) is 0 Å². The third-order valence-electron chi connectivity index (χ3n) is 2.90. The Morgan fingerprint density at radius 3 is 2.61 bits per heavy atom. The average molecular weight is 272 g/mol. The molecule has 0 amide bonds. The van der Waals surface area contributed by atoms with Gasteiger partial charge < -0.3 is 0 Å². The summed E-state index contributed by atoms with van der Waals surface area (Å²) >= 11 is 5.97. The predicted octanol–water partition coefficient (Wildman–Crippen LogP) is 3.85. The van der Waals surface area contributed by atoms with E-state index >= 15 is 0 Å². The molecule has 0 aromatic heterocycles. The van der Waals surface area contributed by atoms with Crippen LogP contribution in [0.15, 0.2) is 23.3 Å². The summed E-state index contributed by atoms with van der Waals surface area (Å²) < 4.78 is 25.7. The number of hydrogen-bond donors (Lipinski definition) is 0. The van der Waals surface area contributed by atoms with Crippen LogP contribution in [0.2, 0.25) is 5.02 Å². The average Bonchev–Trinajstić information content (AvgIpc) is 2.78. The Balaban J connectivity index is 2.39. The van der Waals surface area contributed by atoms with Crippen molar-refractivity contribution in [2.75, 3.05) is 0 Å². The molecular formula is C13H14ClF2N2+. The minimum atomic E-state index is -2.60. The molecule has 0 radical (unpaired) electrons. The molecule has 1 atom stereocenters. The van der Waals surface area contributed by atoms with Crippen LogP contribution < -0.4 is 0 Å². The quantitative estimate of drug-likeness (QED) is 0.586. The van der Waals surface area contributed by atoms with Gasteiger partial charge in [0.2, 0.25) is 0 Å². The number of hydrazone groups is 1. The Kier molecular flexibility index (Phi) is 3.76. The summed E-state index contributed by atoms with van der Waals surface area (Å²) in [7, 11) is 0. The number of nitrogens with zero attached hydrogens (tertiary/aromatic N) is 2. The molecule has 0 bridgehead atoms. The van der Waals surface area contributed by atoms with Crippen LogP contribution in [0, 0.1) is 0 Å². The first-order valence-electron chi connectivity index (χ1n) is 5.74. The SMILES string of the molecule is CC(C)c1cc(Cl)ccc1C1C=N[N+](C(F)F)=C1. The van der Waals surface area contributed by atoms with Crippen LogP contribution in [0.1, 0.15) is 36.8 Å². The molecule has 1 aliphatic heterocycles. The Morgan fingerprint density at radius 2 is 2.06 bits per heavy atom. The largest absolute Gasteiger partial charge is 0.474 e. The van der Waals surface area contributed by atoms with Gasteiger partial charge in [0.05, 0.1) is 6.21 Å². The lowest BCUT2D eigenvalue weighted by Gasteiger charge is -2.13. The third kappa shape index (κ3) is 2.58. The summed E-state index contributed by atoms with van der Waals surface area (Å²) in [5.41, 5.74) is 2.03. The zero-order chi connectivity index (χ0) is 13.3. The first kappa shape index (κ1) is 13.1. The summed E-state index contributed by atoms with van der Waals surface area (Å²) in [6.07, 6.45) is 2.96. The molecule has 1 aromatic rings. The van der Waals surface area contributed by atoms with Gasteiger partial charge in [0, 0.05) is 5.02 Å². The van der Waals surface area contributed by atoms with Crippen molar-refractivity contribution in [3.63, 3.8) is 0 Å². The molecule has 2 rings (SSSR count). The summed E-state index contributed by atoms with van der Waals surface area (Å²) in [5, 5.41) is 4.34. The van der Waals surface area contributed by atoms with Crippen LogP contribution in [-0.4, -0.2) is 23.7 Å². The Bertz CT molecular complexity index is 510. The van der Waals surface area contributed by atoms with Crippen LogP contribution >= 0.6 is 11.6 Å². The van der Waals surface area contributed by atoms with E-state index in [2.05, 4.69) is 5.10 Å². The van der Waals surface area contributed by atoms with Gasteiger partial charge in [-0.2, -0.15) is 0 Å². The Hall–Kier alpha value is -1.29. The van der Waals surface area contributed by atoms with Crippen LogP contribution in [-0.2, 0) is 0 Å². The second-order valence-corrected chi connectivity index (χ2v) is 4.96. The van der Waals surface area contributed by atoms with Crippen molar-refractivity contribution in [3.8, 4) is 0 Å². The highest BCUT2D eigenvalue weighted by Gasteiger charge is 2.28. The lowest BCUT2D eigenvalue weighted by Crippen LogP contribution is -2.12. The van der Waals surface area contributed by atoms with Gasteiger partial charge in [-0.15, -0.1) is 8.78 Å². The molecule has 1 aromatic carbocycles. The molecular weight excluding hydrogens is 258 g/mol. The summed E-state index contributed by atoms with van der Waals surface area (Å²) in [5.74, 6) is 0.0646. The van der Waals surface area contributed by atoms with Gasteiger partial charge in [-0.05, 0) is 39.0 Å². The molecule has 0 aliphatic carbocycles. The number of benzene rings is 1. The van der Waals surface area contributed by atoms with Crippen molar-refractivity contribution in [1.29, 1.82) is 0 Å². The maximum absolute atomic E-state index is 12.5. The molecule has 5 heteroatoms. The smallest absolute Gasteiger partial charge is 0.139 e. The molecule has 1 unspecified atom stereocenters. The van der Waals surface area contributed by atoms with Gasteiger partial charge in [-0.25, -0.2) is 0 Å². The van der Waals surface area contributed by atoms with Crippen LogP contribution in [0.3, 0.4) is 0 Å². The highest BCUT2D eigenvalue weighted by molar-refractivity contribution is 6.30. The van der Waals surface area contributed by atoms with Gasteiger partial charge in [-0.1, -0.05) is 31.5 Å². The van der Waals surface area contributed by atoms with Crippen molar-refractivity contribution in [2.24, 2.45) is 5.10 Å². The van der Waals surface area contributed by atoms with E-state index in [9.17, 15) is 8.78 Å². The van der Waals surface area contributed by atoms with Crippen LogP contribution in [0.4, 0.5) is 8.78 Å². The molecule has 2 nitrogen and oxygen atoms in total. The minimum absolute atomic E-state index is 0.214. The van der Waals surface area contributed by atoms with E-state index in [0.717, 1.165) is 11.1 Å². The normalized spacial score (nSPS) is 18.8. The highest BCUT2D eigenvalue weighted by atomic mass is 35.5. The van der Waals surface area contributed by atoms with Crippen LogP contribution in [0.5, 0.6) is 0 Å². The first-order valence-corrected chi connectivity index (χ1v) is 6.11. The minimum Gasteiger partial charge on any atom is -0.139 e. The fourth-order valence-electron chi connectivity index (χ4n) is 2.02. The maximum atomic E-state index is 12.5. The van der Waals surface area contributed by atoms with Gasteiger partial charge >= 0.3 is 6.55 Å². The van der Waals surface area contributed by atoms with E-state index in [1.807, 2.05) is 26.0 Å². The van der Waals surface area contributed by atoms with E-state index < -0.39 is 6.55 Å². The molecule has 18 heavy (non-hydrogen) atoms. The van der Waals surface area contributed by atoms with E-state index in [1.165, 1.54) is 12.4 Å². The highest BCUT2D eigenvalue weighted by Crippen LogP contribution is 2.29. The molecule has 0 spiro atoms. The maximum Gasteiger partial charge on any atom is 0.474 e. The Labute approximate surface area is 110 Å². The van der Waals surface area contributed by atoms with Gasteiger partial charge in [0.15, 0.2) is 6.21 Å². The van der Waals surface area contributed by atoms with E-state index in [1.54, 1.807) is 6.07 Å². The van der Waals surface area contributed by atoms with Crippen LogP contribution in [0.25, 0.3) is 0 Å². The number of alkyl halides is 2.